The predicted octanol–water partition coefficient (Wildman–Crippen LogP) is 2.92. The number of ketones is 1. The summed E-state index contributed by atoms with van der Waals surface area (Å²) in [6, 6.07) is 0. The fourth-order valence-corrected chi connectivity index (χ4v) is 2.12. The summed E-state index contributed by atoms with van der Waals surface area (Å²) >= 11 is 0. The molecule has 3 heteroatoms. The van der Waals surface area contributed by atoms with Crippen molar-refractivity contribution in [1.82, 2.24) is 0 Å². The zero-order valence-corrected chi connectivity index (χ0v) is 10.9. The van der Waals surface area contributed by atoms with Crippen molar-refractivity contribution in [3.05, 3.63) is 24.0 Å². The Morgan fingerprint density at radius 2 is 2.24 bits per heavy atom. The van der Waals surface area contributed by atoms with E-state index in [4.69, 9.17) is 4.74 Å². The molecule has 94 valence electrons. The molecule has 0 N–H and O–H groups in total. The maximum atomic E-state index is 11.5. The molecule has 2 unspecified atom stereocenters. The third-order valence-corrected chi connectivity index (χ3v) is 2.95. The van der Waals surface area contributed by atoms with Crippen molar-refractivity contribution >= 4 is 12.0 Å². The number of nitrogens with zero attached hydrogens (tertiary/aromatic N) is 1. The lowest BCUT2D eigenvalue weighted by atomic mass is 9.90. The number of carbonyl (C=O) groups excluding carboxylic acids is 1. The standard InChI is InChI=1S/C14H21NO2/c1-5-12-13(8-7-9-15-6-2)11(4)17-14(12)10(3)16/h8-9,12,14H,4-7H2,1-3H3/b13-8+,15-9?. The second-order valence-corrected chi connectivity index (χ2v) is 4.16. The highest BCUT2D eigenvalue weighted by Gasteiger charge is 2.37. The molecule has 1 aliphatic rings. The number of rotatable bonds is 5. The molecule has 0 aromatic heterocycles. The number of ether oxygens (including phenoxy) is 1. The van der Waals surface area contributed by atoms with Gasteiger partial charge in [-0.25, -0.2) is 0 Å². The minimum Gasteiger partial charge on any atom is -0.482 e. The van der Waals surface area contributed by atoms with Crippen molar-refractivity contribution in [1.29, 1.82) is 0 Å². The Morgan fingerprint density at radius 1 is 1.53 bits per heavy atom. The van der Waals surface area contributed by atoms with Crippen LogP contribution < -0.4 is 0 Å². The van der Waals surface area contributed by atoms with E-state index in [9.17, 15) is 4.79 Å². The number of Topliss-reactive ketones (excluding diaryl/α,β-unsaturated/α-hetero) is 1. The van der Waals surface area contributed by atoms with Gasteiger partial charge < -0.3 is 4.74 Å². The SMILES string of the molecule is C=C1OC(C(C)=O)C(CC)/C1=C/CC=NCC. The molecule has 1 heterocycles. The zero-order chi connectivity index (χ0) is 12.8. The first-order valence-corrected chi connectivity index (χ1v) is 6.16. The Hall–Kier alpha value is -1.38. The summed E-state index contributed by atoms with van der Waals surface area (Å²) in [7, 11) is 0. The van der Waals surface area contributed by atoms with E-state index in [0.717, 1.165) is 25.0 Å². The van der Waals surface area contributed by atoms with Crippen LogP contribution in [0.5, 0.6) is 0 Å². The predicted molar refractivity (Wildman–Crippen MR) is 70.2 cm³/mol. The van der Waals surface area contributed by atoms with Crippen molar-refractivity contribution in [3.63, 3.8) is 0 Å². The summed E-state index contributed by atoms with van der Waals surface area (Å²) in [6.07, 6.45) is 5.27. The molecular weight excluding hydrogens is 214 g/mol. The van der Waals surface area contributed by atoms with Gasteiger partial charge in [-0.1, -0.05) is 19.6 Å². The van der Waals surface area contributed by atoms with E-state index in [1.165, 1.54) is 0 Å². The molecule has 1 aliphatic heterocycles. The molecule has 1 saturated heterocycles. The maximum Gasteiger partial charge on any atom is 0.170 e. The van der Waals surface area contributed by atoms with Crippen molar-refractivity contribution in [3.8, 4) is 0 Å². The summed E-state index contributed by atoms with van der Waals surface area (Å²) in [5, 5.41) is 0. The quantitative estimate of drug-likeness (QED) is 0.687. The lowest BCUT2D eigenvalue weighted by molar-refractivity contribution is -0.126. The van der Waals surface area contributed by atoms with Gasteiger partial charge in [0.2, 0.25) is 0 Å². The Kier molecular flexibility index (Phi) is 5.13. The van der Waals surface area contributed by atoms with Crippen LogP contribution in [0.4, 0.5) is 0 Å². The Morgan fingerprint density at radius 3 is 2.76 bits per heavy atom. The van der Waals surface area contributed by atoms with Crippen LogP contribution in [0.25, 0.3) is 0 Å². The fourth-order valence-electron chi connectivity index (χ4n) is 2.12. The molecule has 1 fully saturated rings. The Bertz CT molecular complexity index is 355. The van der Waals surface area contributed by atoms with Crippen molar-refractivity contribution in [2.45, 2.75) is 39.7 Å². The molecule has 2 atom stereocenters. The second-order valence-electron chi connectivity index (χ2n) is 4.16. The largest absolute Gasteiger partial charge is 0.482 e. The van der Waals surface area contributed by atoms with E-state index in [1.54, 1.807) is 6.92 Å². The monoisotopic (exact) mass is 235 g/mol. The third kappa shape index (κ3) is 3.29. The van der Waals surface area contributed by atoms with Crippen molar-refractivity contribution in [2.24, 2.45) is 10.9 Å². The van der Waals surface area contributed by atoms with Gasteiger partial charge in [0, 0.05) is 25.1 Å². The van der Waals surface area contributed by atoms with Gasteiger partial charge in [-0.15, -0.1) is 0 Å². The third-order valence-electron chi connectivity index (χ3n) is 2.95. The van der Waals surface area contributed by atoms with E-state index >= 15 is 0 Å². The van der Waals surface area contributed by atoms with Gasteiger partial charge >= 0.3 is 0 Å². The number of hydrogen-bond acceptors (Lipinski definition) is 3. The van der Waals surface area contributed by atoms with Gasteiger partial charge in [-0.05, 0) is 25.8 Å². The van der Waals surface area contributed by atoms with E-state index in [0.29, 0.717) is 5.76 Å². The van der Waals surface area contributed by atoms with Gasteiger partial charge in [0.1, 0.15) is 5.76 Å². The highest BCUT2D eigenvalue weighted by Crippen LogP contribution is 2.36. The molecule has 0 amide bonds. The number of allylic oxidation sites excluding steroid dienone is 2. The first-order valence-electron chi connectivity index (χ1n) is 6.16. The summed E-state index contributed by atoms with van der Waals surface area (Å²) < 4.78 is 5.54. The van der Waals surface area contributed by atoms with E-state index in [1.807, 2.05) is 13.1 Å². The zero-order valence-electron chi connectivity index (χ0n) is 10.9. The van der Waals surface area contributed by atoms with E-state index < -0.39 is 0 Å². The van der Waals surface area contributed by atoms with Gasteiger partial charge in [0.05, 0.1) is 0 Å². The van der Waals surface area contributed by atoms with Crippen LogP contribution >= 0.6 is 0 Å². The van der Waals surface area contributed by atoms with Gasteiger partial charge in [0.25, 0.3) is 0 Å². The van der Waals surface area contributed by atoms with Gasteiger partial charge in [-0.3, -0.25) is 9.79 Å². The van der Waals surface area contributed by atoms with Crippen molar-refractivity contribution in [2.75, 3.05) is 6.54 Å². The Balaban J connectivity index is 2.79. The highest BCUT2D eigenvalue weighted by atomic mass is 16.5. The minimum atomic E-state index is -0.345. The summed E-state index contributed by atoms with van der Waals surface area (Å²) in [5.41, 5.74) is 1.07. The van der Waals surface area contributed by atoms with Crippen LogP contribution in [0.2, 0.25) is 0 Å². The summed E-state index contributed by atoms with van der Waals surface area (Å²) in [4.78, 5) is 15.6. The van der Waals surface area contributed by atoms with Crippen LogP contribution in [0.3, 0.4) is 0 Å². The van der Waals surface area contributed by atoms with Crippen LogP contribution in [0.15, 0.2) is 29.0 Å². The number of aliphatic imine (C=N–C) groups is 1. The smallest absolute Gasteiger partial charge is 0.170 e. The molecular formula is C14H21NO2. The molecule has 0 aromatic rings. The average Bonchev–Trinajstić information content (AvgIpc) is 2.61. The number of hydrogen-bond donors (Lipinski definition) is 0. The van der Waals surface area contributed by atoms with Crippen LogP contribution in [-0.2, 0) is 9.53 Å². The molecule has 0 aromatic carbocycles. The molecule has 0 saturated carbocycles. The summed E-state index contributed by atoms with van der Waals surface area (Å²) in [5.74, 6) is 0.862. The fraction of sp³-hybridized carbons (Fsp3) is 0.571. The van der Waals surface area contributed by atoms with Crippen LogP contribution in [-0.4, -0.2) is 24.6 Å². The topological polar surface area (TPSA) is 38.7 Å². The average molecular weight is 235 g/mol. The molecule has 0 radical (unpaired) electrons. The van der Waals surface area contributed by atoms with Crippen LogP contribution in [0, 0.1) is 5.92 Å². The van der Waals surface area contributed by atoms with Crippen LogP contribution in [0.1, 0.15) is 33.6 Å². The van der Waals surface area contributed by atoms with E-state index in [2.05, 4.69) is 24.6 Å². The molecule has 0 spiro atoms. The van der Waals surface area contributed by atoms with E-state index in [-0.39, 0.29) is 17.8 Å². The number of carbonyl (C=O) groups is 1. The lowest BCUT2D eigenvalue weighted by Crippen LogP contribution is -2.24. The molecule has 1 rings (SSSR count). The molecule has 0 bridgehead atoms. The normalized spacial score (nSPS) is 26.8. The maximum absolute atomic E-state index is 11.5. The van der Waals surface area contributed by atoms with Crippen molar-refractivity contribution < 1.29 is 9.53 Å². The minimum absolute atomic E-state index is 0.0728. The first-order chi connectivity index (χ1) is 8.11. The van der Waals surface area contributed by atoms with Gasteiger partial charge in [0.15, 0.2) is 11.9 Å². The lowest BCUT2D eigenvalue weighted by Gasteiger charge is -2.13. The molecule has 3 nitrogen and oxygen atoms in total. The molecule has 0 aliphatic carbocycles. The second kappa shape index (κ2) is 6.38. The molecule has 17 heavy (non-hydrogen) atoms. The summed E-state index contributed by atoms with van der Waals surface area (Å²) in [6.45, 7) is 10.3. The Labute approximate surface area is 103 Å². The van der Waals surface area contributed by atoms with Gasteiger partial charge in [-0.2, -0.15) is 0 Å². The highest BCUT2D eigenvalue weighted by molar-refractivity contribution is 5.82. The first kappa shape index (κ1) is 13.7.